The van der Waals surface area contributed by atoms with Crippen molar-refractivity contribution in [3.05, 3.63) is 53.6 Å². The number of ether oxygens (including phenoxy) is 1. The van der Waals surface area contributed by atoms with Crippen LogP contribution in [0.2, 0.25) is 0 Å². The van der Waals surface area contributed by atoms with Gasteiger partial charge in [-0.05, 0) is 36.2 Å². The number of esters is 1. The van der Waals surface area contributed by atoms with Crippen LogP contribution in [-0.4, -0.2) is 17.7 Å². The van der Waals surface area contributed by atoms with Gasteiger partial charge in [-0.15, -0.1) is 0 Å². The second-order valence-electron chi connectivity index (χ2n) is 4.11. The number of aromatic hydroxyl groups is 1. The number of hydrogen-bond acceptors (Lipinski definition) is 4. The fourth-order valence-corrected chi connectivity index (χ4v) is 1.92. The maximum Gasteiger partial charge on any atom is 0.338 e. The first-order valence-corrected chi connectivity index (χ1v) is 6.17. The Morgan fingerprint density at radius 1 is 1.30 bits per heavy atom. The normalized spacial score (nSPS) is 9.80. The molecule has 0 aliphatic rings. The fourth-order valence-electron chi connectivity index (χ4n) is 1.92. The molecule has 0 saturated carbocycles. The molecule has 4 heteroatoms. The lowest BCUT2D eigenvalue weighted by atomic mass is 9.98. The van der Waals surface area contributed by atoms with Gasteiger partial charge in [-0.2, -0.15) is 5.26 Å². The van der Waals surface area contributed by atoms with E-state index >= 15 is 0 Å². The van der Waals surface area contributed by atoms with Crippen molar-refractivity contribution in [1.29, 1.82) is 5.26 Å². The predicted octanol–water partition coefficient (Wildman–Crippen LogP) is 3.11. The van der Waals surface area contributed by atoms with Crippen LogP contribution in [0.5, 0.6) is 5.75 Å². The molecule has 0 amide bonds. The summed E-state index contributed by atoms with van der Waals surface area (Å²) in [6.45, 7) is 2.04. The molecule has 0 fully saturated rings. The average Bonchev–Trinajstić information content (AvgIpc) is 2.47. The highest BCUT2D eigenvalue weighted by molar-refractivity contribution is 5.97. The smallest absolute Gasteiger partial charge is 0.338 e. The Hall–Kier alpha value is -2.80. The van der Waals surface area contributed by atoms with Crippen LogP contribution in [-0.2, 0) is 4.74 Å². The molecule has 0 atom stereocenters. The Morgan fingerprint density at radius 2 is 2.05 bits per heavy atom. The Balaban J connectivity index is 2.51. The molecule has 2 rings (SSSR count). The molecule has 20 heavy (non-hydrogen) atoms. The summed E-state index contributed by atoms with van der Waals surface area (Å²) >= 11 is 0. The second-order valence-corrected chi connectivity index (χ2v) is 4.11. The third-order valence-electron chi connectivity index (χ3n) is 2.85. The summed E-state index contributed by atoms with van der Waals surface area (Å²) in [6.07, 6.45) is 0. The summed E-state index contributed by atoms with van der Waals surface area (Å²) in [6, 6.07) is 13.6. The molecule has 0 unspecified atom stereocenters. The maximum atomic E-state index is 11.9. The predicted molar refractivity (Wildman–Crippen MR) is 74.2 cm³/mol. The lowest BCUT2D eigenvalue weighted by Gasteiger charge is -2.09. The van der Waals surface area contributed by atoms with Gasteiger partial charge in [0.25, 0.3) is 0 Å². The highest BCUT2D eigenvalue weighted by Crippen LogP contribution is 2.29. The maximum absolute atomic E-state index is 11.9. The Kier molecular flexibility index (Phi) is 4.02. The van der Waals surface area contributed by atoms with Crippen LogP contribution in [0.3, 0.4) is 0 Å². The molecule has 0 spiro atoms. The summed E-state index contributed by atoms with van der Waals surface area (Å²) in [7, 11) is 0. The fraction of sp³-hybridized carbons (Fsp3) is 0.125. The molecular weight excluding hydrogens is 254 g/mol. The van der Waals surface area contributed by atoms with Crippen molar-refractivity contribution >= 4 is 5.97 Å². The van der Waals surface area contributed by atoms with Crippen LogP contribution in [0.25, 0.3) is 11.1 Å². The summed E-state index contributed by atoms with van der Waals surface area (Å²) in [5.74, 6) is -0.518. The van der Waals surface area contributed by atoms with Gasteiger partial charge < -0.3 is 9.84 Å². The minimum atomic E-state index is -0.410. The number of rotatable bonds is 3. The molecule has 0 radical (unpaired) electrons. The van der Waals surface area contributed by atoms with Gasteiger partial charge in [-0.1, -0.05) is 24.3 Å². The van der Waals surface area contributed by atoms with Crippen molar-refractivity contribution in [1.82, 2.24) is 0 Å². The summed E-state index contributed by atoms with van der Waals surface area (Å²) in [5, 5.41) is 18.6. The Morgan fingerprint density at radius 3 is 2.70 bits per heavy atom. The number of phenolic OH excluding ortho intramolecular Hbond substituents is 1. The molecule has 100 valence electrons. The van der Waals surface area contributed by atoms with Gasteiger partial charge in [-0.3, -0.25) is 0 Å². The van der Waals surface area contributed by atoms with E-state index in [0.717, 1.165) is 0 Å². The highest BCUT2D eigenvalue weighted by atomic mass is 16.5. The van der Waals surface area contributed by atoms with Gasteiger partial charge in [0.2, 0.25) is 0 Å². The van der Waals surface area contributed by atoms with Crippen LogP contribution in [0.1, 0.15) is 22.8 Å². The average molecular weight is 267 g/mol. The van der Waals surface area contributed by atoms with Crippen molar-refractivity contribution in [3.8, 4) is 22.9 Å². The molecule has 1 N–H and O–H groups in total. The van der Waals surface area contributed by atoms with Crippen LogP contribution in [0, 0.1) is 11.3 Å². The van der Waals surface area contributed by atoms with E-state index in [0.29, 0.717) is 23.3 Å². The number of nitrogens with zero attached hydrogens (tertiary/aromatic N) is 1. The molecule has 0 saturated heterocycles. The topological polar surface area (TPSA) is 70.3 Å². The summed E-state index contributed by atoms with van der Waals surface area (Å²) in [4.78, 5) is 11.9. The van der Waals surface area contributed by atoms with Crippen LogP contribution in [0.15, 0.2) is 42.5 Å². The lowest BCUT2D eigenvalue weighted by Crippen LogP contribution is -2.06. The molecule has 0 bridgehead atoms. The van der Waals surface area contributed by atoms with E-state index in [1.165, 1.54) is 12.1 Å². The monoisotopic (exact) mass is 267 g/mol. The van der Waals surface area contributed by atoms with Crippen LogP contribution in [0.4, 0.5) is 0 Å². The summed E-state index contributed by atoms with van der Waals surface area (Å²) in [5.41, 5.74) is 1.94. The zero-order valence-electron chi connectivity index (χ0n) is 11.0. The molecule has 0 heterocycles. The van der Waals surface area contributed by atoms with E-state index in [-0.39, 0.29) is 11.3 Å². The van der Waals surface area contributed by atoms with Gasteiger partial charge >= 0.3 is 5.97 Å². The van der Waals surface area contributed by atoms with Crippen molar-refractivity contribution in [2.75, 3.05) is 6.61 Å². The minimum Gasteiger partial charge on any atom is -0.507 e. The molecule has 2 aromatic carbocycles. The molecule has 0 aliphatic heterocycles. The highest BCUT2D eigenvalue weighted by Gasteiger charge is 2.14. The number of nitriles is 1. The van der Waals surface area contributed by atoms with E-state index in [9.17, 15) is 9.90 Å². The van der Waals surface area contributed by atoms with Crippen molar-refractivity contribution in [2.24, 2.45) is 0 Å². The Bertz CT molecular complexity index is 686. The minimum absolute atomic E-state index is 0.108. The zero-order valence-corrected chi connectivity index (χ0v) is 11.0. The third kappa shape index (κ3) is 2.62. The van der Waals surface area contributed by atoms with Gasteiger partial charge in [0, 0.05) is 0 Å². The van der Waals surface area contributed by atoms with E-state index in [4.69, 9.17) is 10.00 Å². The summed E-state index contributed by atoms with van der Waals surface area (Å²) < 4.78 is 5.01. The SMILES string of the molecule is CCOC(=O)c1ccccc1-c1ccc(C#N)c(O)c1. The zero-order chi connectivity index (χ0) is 14.5. The molecule has 2 aromatic rings. The first-order chi connectivity index (χ1) is 9.67. The Labute approximate surface area is 116 Å². The first-order valence-electron chi connectivity index (χ1n) is 6.17. The quantitative estimate of drug-likeness (QED) is 0.867. The number of carbonyl (C=O) groups is 1. The molecule has 0 aromatic heterocycles. The van der Waals surface area contributed by atoms with E-state index in [2.05, 4.69) is 0 Å². The van der Waals surface area contributed by atoms with Crippen molar-refractivity contribution in [2.45, 2.75) is 6.92 Å². The standard InChI is InChI=1S/C16H13NO3/c1-2-20-16(19)14-6-4-3-5-13(14)11-7-8-12(10-17)15(18)9-11/h3-9,18H,2H2,1H3. The number of phenols is 1. The van der Waals surface area contributed by atoms with Crippen molar-refractivity contribution < 1.29 is 14.6 Å². The number of hydrogen-bond donors (Lipinski definition) is 1. The van der Waals surface area contributed by atoms with E-state index < -0.39 is 5.97 Å². The van der Waals surface area contributed by atoms with Gasteiger partial charge in [0.15, 0.2) is 0 Å². The number of benzene rings is 2. The lowest BCUT2D eigenvalue weighted by molar-refractivity contribution is 0.0527. The molecular formula is C16H13NO3. The molecule has 4 nitrogen and oxygen atoms in total. The molecule has 0 aliphatic carbocycles. The third-order valence-corrected chi connectivity index (χ3v) is 2.85. The largest absolute Gasteiger partial charge is 0.507 e. The van der Waals surface area contributed by atoms with Gasteiger partial charge in [0.1, 0.15) is 11.8 Å². The number of carbonyl (C=O) groups excluding carboxylic acids is 1. The van der Waals surface area contributed by atoms with Gasteiger partial charge in [-0.25, -0.2) is 4.79 Å². The van der Waals surface area contributed by atoms with Gasteiger partial charge in [0.05, 0.1) is 17.7 Å². The van der Waals surface area contributed by atoms with Crippen LogP contribution < -0.4 is 0 Å². The second kappa shape index (κ2) is 5.89. The van der Waals surface area contributed by atoms with Crippen LogP contribution >= 0.6 is 0 Å². The van der Waals surface area contributed by atoms with E-state index in [1.54, 1.807) is 37.3 Å². The van der Waals surface area contributed by atoms with E-state index in [1.807, 2.05) is 6.07 Å². The first kappa shape index (κ1) is 13.6. The van der Waals surface area contributed by atoms with Crippen molar-refractivity contribution in [3.63, 3.8) is 0 Å².